The molecule has 3 rings (SSSR count). The summed E-state index contributed by atoms with van der Waals surface area (Å²) in [6.45, 7) is 3.62. The topological polar surface area (TPSA) is 51.5 Å². The molecule has 1 aliphatic carbocycles. The highest BCUT2D eigenvalue weighted by Gasteiger charge is 2.42. The molecule has 2 unspecified atom stereocenters. The number of ether oxygens (including phenoxy) is 1. The third-order valence-corrected chi connectivity index (χ3v) is 6.64. The van der Waals surface area contributed by atoms with Gasteiger partial charge in [0.25, 0.3) is 0 Å². The minimum absolute atomic E-state index is 0.00632. The summed E-state index contributed by atoms with van der Waals surface area (Å²) in [5.74, 6) is 0.318. The Morgan fingerprint density at radius 2 is 2.24 bits per heavy atom. The number of alkyl halides is 1. The summed E-state index contributed by atoms with van der Waals surface area (Å²) in [5, 5.41) is 0. The molecule has 5 nitrogen and oxygen atoms in total. The summed E-state index contributed by atoms with van der Waals surface area (Å²) >= 11 is 5.90. The minimum atomic E-state index is -3.46. The molecule has 1 aromatic rings. The molecule has 2 atom stereocenters. The van der Waals surface area contributed by atoms with Gasteiger partial charge < -0.3 is 9.30 Å². The van der Waals surface area contributed by atoms with Crippen molar-refractivity contribution < 1.29 is 13.2 Å². The molecule has 0 radical (unpaired) electrons. The van der Waals surface area contributed by atoms with Gasteiger partial charge in [-0.1, -0.05) is 0 Å². The van der Waals surface area contributed by atoms with Gasteiger partial charge in [-0.3, -0.25) is 0 Å². The number of hydrogen-bond donors (Lipinski definition) is 0. The van der Waals surface area contributed by atoms with Crippen molar-refractivity contribution in [2.24, 2.45) is 0 Å². The Morgan fingerprint density at radius 3 is 2.90 bits per heavy atom. The number of halogens is 1. The first-order valence-corrected chi connectivity index (χ1v) is 9.44. The van der Waals surface area contributed by atoms with Gasteiger partial charge in [0, 0.05) is 25.0 Å². The second-order valence-electron chi connectivity index (χ2n) is 5.61. The lowest BCUT2D eigenvalue weighted by Gasteiger charge is -2.36. The number of rotatable bonds is 4. The van der Waals surface area contributed by atoms with Crippen molar-refractivity contribution in [3.8, 4) is 0 Å². The first kappa shape index (κ1) is 15.3. The van der Waals surface area contributed by atoms with E-state index in [2.05, 4.69) is 0 Å². The van der Waals surface area contributed by atoms with Gasteiger partial charge in [0.2, 0.25) is 10.0 Å². The molecule has 1 aromatic heterocycles. The monoisotopic (exact) mass is 332 g/mol. The summed E-state index contributed by atoms with van der Waals surface area (Å²) in [4.78, 5) is 0.354. The van der Waals surface area contributed by atoms with Crippen LogP contribution in [0, 0.1) is 0 Å². The molecule has 0 spiro atoms. The molecule has 118 valence electrons. The Labute approximate surface area is 130 Å². The van der Waals surface area contributed by atoms with Crippen molar-refractivity contribution >= 4 is 21.6 Å². The van der Waals surface area contributed by atoms with E-state index in [0.717, 1.165) is 25.0 Å². The van der Waals surface area contributed by atoms with E-state index in [0.29, 0.717) is 30.5 Å². The fourth-order valence-electron chi connectivity index (χ4n) is 3.40. The normalized spacial score (nSPS) is 27.0. The second-order valence-corrected chi connectivity index (χ2v) is 7.77. The highest BCUT2D eigenvalue weighted by atomic mass is 35.5. The molecule has 1 aliphatic heterocycles. The van der Waals surface area contributed by atoms with Gasteiger partial charge in [-0.15, -0.1) is 11.6 Å². The van der Waals surface area contributed by atoms with Crippen LogP contribution in [0.15, 0.2) is 17.2 Å². The van der Waals surface area contributed by atoms with Crippen LogP contribution in [0.2, 0.25) is 0 Å². The number of nitrogens with zero attached hydrogens (tertiary/aromatic N) is 2. The van der Waals surface area contributed by atoms with Gasteiger partial charge in [-0.05, 0) is 32.3 Å². The fourth-order valence-corrected chi connectivity index (χ4v) is 5.36. The SMILES string of the molecule is CCn1cc(S(=O)(=O)N2CCOC3CCCC32)cc1CCl. The van der Waals surface area contributed by atoms with Crippen molar-refractivity contribution in [1.82, 2.24) is 8.87 Å². The predicted molar refractivity (Wildman–Crippen MR) is 80.9 cm³/mol. The van der Waals surface area contributed by atoms with Gasteiger partial charge in [-0.25, -0.2) is 8.42 Å². The van der Waals surface area contributed by atoms with E-state index in [4.69, 9.17) is 16.3 Å². The van der Waals surface area contributed by atoms with Crippen LogP contribution in [0.25, 0.3) is 0 Å². The van der Waals surface area contributed by atoms with E-state index >= 15 is 0 Å². The molecule has 0 amide bonds. The second kappa shape index (κ2) is 5.91. The molecule has 1 saturated heterocycles. The van der Waals surface area contributed by atoms with Crippen molar-refractivity contribution in [2.75, 3.05) is 13.2 Å². The van der Waals surface area contributed by atoms with Crippen LogP contribution in [0.3, 0.4) is 0 Å². The number of fused-ring (bicyclic) bond motifs is 1. The lowest BCUT2D eigenvalue weighted by molar-refractivity contribution is -0.0241. The van der Waals surface area contributed by atoms with Crippen LogP contribution >= 0.6 is 11.6 Å². The maximum atomic E-state index is 12.9. The largest absolute Gasteiger partial charge is 0.375 e. The number of aryl methyl sites for hydroxylation is 1. The average Bonchev–Trinajstić information content (AvgIpc) is 3.12. The Balaban J connectivity index is 1.94. The van der Waals surface area contributed by atoms with Crippen molar-refractivity contribution in [1.29, 1.82) is 0 Å². The maximum absolute atomic E-state index is 12.9. The smallest absolute Gasteiger partial charge is 0.245 e. The van der Waals surface area contributed by atoms with Crippen LogP contribution < -0.4 is 0 Å². The Kier molecular flexibility index (Phi) is 4.32. The van der Waals surface area contributed by atoms with Crippen LogP contribution in [0.4, 0.5) is 0 Å². The molecule has 2 aliphatic rings. The molecular weight excluding hydrogens is 312 g/mol. The third kappa shape index (κ3) is 2.63. The highest BCUT2D eigenvalue weighted by Crippen LogP contribution is 2.33. The number of hydrogen-bond acceptors (Lipinski definition) is 3. The summed E-state index contributed by atoms with van der Waals surface area (Å²) in [6, 6.07) is 1.69. The molecule has 2 heterocycles. The molecular formula is C14H21ClN2O3S. The Morgan fingerprint density at radius 1 is 1.43 bits per heavy atom. The zero-order chi connectivity index (χ0) is 15.0. The van der Waals surface area contributed by atoms with E-state index in [-0.39, 0.29) is 12.1 Å². The number of morpholine rings is 1. The molecule has 0 aromatic carbocycles. The van der Waals surface area contributed by atoms with Crippen LogP contribution in [-0.4, -0.2) is 42.6 Å². The van der Waals surface area contributed by atoms with E-state index < -0.39 is 10.0 Å². The zero-order valence-corrected chi connectivity index (χ0v) is 13.7. The summed E-state index contributed by atoms with van der Waals surface area (Å²) in [5.41, 5.74) is 0.842. The van der Waals surface area contributed by atoms with E-state index in [1.165, 1.54) is 0 Å². The van der Waals surface area contributed by atoms with Gasteiger partial charge in [0.15, 0.2) is 0 Å². The van der Waals surface area contributed by atoms with Crippen LogP contribution in [-0.2, 0) is 27.2 Å². The maximum Gasteiger partial charge on any atom is 0.245 e. The summed E-state index contributed by atoms with van der Waals surface area (Å²) in [6.07, 6.45) is 4.64. The predicted octanol–water partition coefficient (Wildman–Crippen LogP) is 2.19. The van der Waals surface area contributed by atoms with Gasteiger partial charge in [0.05, 0.1) is 24.6 Å². The lowest BCUT2D eigenvalue weighted by Crippen LogP contribution is -2.51. The molecule has 0 bridgehead atoms. The average molecular weight is 333 g/mol. The summed E-state index contributed by atoms with van der Waals surface area (Å²) in [7, 11) is -3.46. The zero-order valence-electron chi connectivity index (χ0n) is 12.2. The minimum Gasteiger partial charge on any atom is -0.375 e. The molecule has 7 heteroatoms. The van der Waals surface area contributed by atoms with Crippen molar-refractivity contribution in [2.45, 2.75) is 55.7 Å². The number of aromatic nitrogens is 1. The van der Waals surface area contributed by atoms with Gasteiger partial charge >= 0.3 is 0 Å². The number of sulfonamides is 1. The van der Waals surface area contributed by atoms with Crippen LogP contribution in [0.5, 0.6) is 0 Å². The molecule has 2 fully saturated rings. The Hall–Kier alpha value is -0.560. The lowest BCUT2D eigenvalue weighted by atomic mass is 10.2. The fraction of sp³-hybridized carbons (Fsp3) is 0.714. The molecule has 0 N–H and O–H groups in total. The van der Waals surface area contributed by atoms with E-state index in [9.17, 15) is 8.42 Å². The van der Waals surface area contributed by atoms with Crippen LogP contribution in [0.1, 0.15) is 31.9 Å². The van der Waals surface area contributed by atoms with E-state index in [1.807, 2.05) is 11.5 Å². The standard InChI is InChI=1S/C14H21ClN2O3S/c1-2-16-10-12(8-11(16)9-15)21(18,19)17-6-7-20-14-5-3-4-13(14)17/h8,10,13-14H,2-7,9H2,1H3. The molecule has 1 saturated carbocycles. The van der Waals surface area contributed by atoms with E-state index in [1.54, 1.807) is 16.6 Å². The van der Waals surface area contributed by atoms with Crippen molar-refractivity contribution in [3.05, 3.63) is 18.0 Å². The first-order chi connectivity index (χ1) is 10.1. The van der Waals surface area contributed by atoms with Gasteiger partial charge in [0.1, 0.15) is 4.90 Å². The van der Waals surface area contributed by atoms with Gasteiger partial charge in [-0.2, -0.15) is 4.31 Å². The molecule has 21 heavy (non-hydrogen) atoms. The first-order valence-electron chi connectivity index (χ1n) is 7.46. The van der Waals surface area contributed by atoms with Crippen molar-refractivity contribution in [3.63, 3.8) is 0 Å². The summed E-state index contributed by atoms with van der Waals surface area (Å²) < 4.78 is 35.1. The quantitative estimate of drug-likeness (QED) is 0.794. The highest BCUT2D eigenvalue weighted by molar-refractivity contribution is 7.89. The third-order valence-electron chi connectivity index (χ3n) is 4.48. The Bertz CT molecular complexity index is 592.